The molecule has 0 aliphatic carbocycles. The lowest BCUT2D eigenvalue weighted by Gasteiger charge is -2.06. The van der Waals surface area contributed by atoms with Gasteiger partial charge in [0.05, 0.1) is 0 Å². The summed E-state index contributed by atoms with van der Waals surface area (Å²) in [5, 5.41) is 0. The van der Waals surface area contributed by atoms with Crippen LogP contribution in [0.15, 0.2) is 72.9 Å². The lowest BCUT2D eigenvalue weighted by Crippen LogP contribution is -1.95. The van der Waals surface area contributed by atoms with Gasteiger partial charge in [-0.2, -0.15) is 0 Å². The fraction of sp³-hybridized carbons (Fsp3) is 0.0952. The average molecular weight is 283 g/mol. The predicted octanol–water partition coefficient (Wildman–Crippen LogP) is 4.38. The third-order valence-corrected chi connectivity index (χ3v) is 3.56. The molecule has 1 aromatic heterocycles. The highest BCUT2D eigenvalue weighted by Crippen LogP contribution is 2.14. The zero-order valence-corrected chi connectivity index (χ0v) is 12.6. The van der Waals surface area contributed by atoms with Gasteiger partial charge in [-0.15, -0.1) is 0 Å². The van der Waals surface area contributed by atoms with Crippen molar-refractivity contribution in [3.05, 3.63) is 101 Å². The fourth-order valence-corrected chi connectivity index (χ4v) is 2.30. The van der Waals surface area contributed by atoms with Crippen LogP contribution in [0, 0.1) is 18.8 Å². The zero-order valence-electron chi connectivity index (χ0n) is 12.6. The molecular formula is C21H17N. The number of hydrogen-bond acceptors (Lipinski definition) is 1. The molecule has 106 valence electrons. The maximum Gasteiger partial charge on any atom is 0.113 e. The van der Waals surface area contributed by atoms with Crippen LogP contribution in [0.25, 0.3) is 0 Å². The highest BCUT2D eigenvalue weighted by Gasteiger charge is 2.02. The van der Waals surface area contributed by atoms with Crippen LogP contribution in [-0.2, 0) is 6.42 Å². The summed E-state index contributed by atoms with van der Waals surface area (Å²) in [4.78, 5) is 4.42. The number of nitrogens with zero attached hydrogens (tertiary/aromatic N) is 1. The van der Waals surface area contributed by atoms with Gasteiger partial charge in [-0.1, -0.05) is 54.5 Å². The van der Waals surface area contributed by atoms with Crippen LogP contribution >= 0.6 is 0 Å². The Hall–Kier alpha value is -2.85. The molecule has 0 saturated heterocycles. The van der Waals surface area contributed by atoms with Crippen molar-refractivity contribution in [2.45, 2.75) is 13.3 Å². The number of aryl methyl sites for hydroxylation is 1. The number of rotatable bonds is 2. The van der Waals surface area contributed by atoms with Crippen molar-refractivity contribution in [3.63, 3.8) is 0 Å². The number of benzene rings is 2. The molecule has 0 atom stereocenters. The highest BCUT2D eigenvalue weighted by molar-refractivity contribution is 5.42. The third kappa shape index (κ3) is 3.62. The van der Waals surface area contributed by atoms with Crippen molar-refractivity contribution in [1.82, 2.24) is 4.98 Å². The minimum Gasteiger partial charge on any atom is -0.247 e. The Kier molecular flexibility index (Phi) is 4.32. The van der Waals surface area contributed by atoms with E-state index in [-0.39, 0.29) is 0 Å². The molecule has 3 aromatic rings. The van der Waals surface area contributed by atoms with Crippen molar-refractivity contribution >= 4 is 0 Å². The maximum absolute atomic E-state index is 4.42. The van der Waals surface area contributed by atoms with Gasteiger partial charge >= 0.3 is 0 Å². The molecular weight excluding hydrogens is 266 g/mol. The van der Waals surface area contributed by atoms with Crippen molar-refractivity contribution in [2.75, 3.05) is 0 Å². The molecule has 0 aliphatic heterocycles. The molecule has 0 unspecified atom stereocenters. The molecule has 0 bridgehead atoms. The van der Waals surface area contributed by atoms with Gasteiger partial charge < -0.3 is 0 Å². The smallest absolute Gasteiger partial charge is 0.113 e. The minimum absolute atomic E-state index is 0.820. The molecule has 0 saturated carbocycles. The van der Waals surface area contributed by atoms with Crippen LogP contribution in [0.5, 0.6) is 0 Å². The minimum atomic E-state index is 0.820. The Labute approximate surface area is 131 Å². The molecule has 2 aromatic carbocycles. The summed E-state index contributed by atoms with van der Waals surface area (Å²) in [5.74, 6) is 6.31. The first-order valence-electron chi connectivity index (χ1n) is 7.38. The topological polar surface area (TPSA) is 12.9 Å². The normalized spacial score (nSPS) is 9.86. The van der Waals surface area contributed by atoms with Gasteiger partial charge in [0, 0.05) is 11.8 Å². The van der Waals surface area contributed by atoms with E-state index in [1.54, 1.807) is 0 Å². The molecule has 0 spiro atoms. The lowest BCUT2D eigenvalue weighted by atomic mass is 10.0. The molecule has 0 aliphatic rings. The van der Waals surface area contributed by atoms with Crippen molar-refractivity contribution in [3.8, 4) is 11.8 Å². The second-order valence-corrected chi connectivity index (χ2v) is 5.27. The Morgan fingerprint density at radius 1 is 0.864 bits per heavy atom. The summed E-state index contributed by atoms with van der Waals surface area (Å²) in [6.45, 7) is 2.10. The van der Waals surface area contributed by atoms with Crippen LogP contribution in [-0.4, -0.2) is 4.98 Å². The van der Waals surface area contributed by atoms with E-state index in [2.05, 4.69) is 54.1 Å². The standard InChI is InChI=1S/C21H17N/c1-17-16-22-21(13-12-18-8-4-2-5-9-18)15-20(17)14-19-10-6-3-7-11-19/h2-11,15-16H,14H2,1H3. The van der Waals surface area contributed by atoms with Crippen molar-refractivity contribution in [1.29, 1.82) is 0 Å². The van der Waals surface area contributed by atoms with Gasteiger partial charge in [-0.25, -0.2) is 4.98 Å². The number of pyridine rings is 1. The quantitative estimate of drug-likeness (QED) is 0.636. The second kappa shape index (κ2) is 6.74. The van der Waals surface area contributed by atoms with Crippen molar-refractivity contribution < 1.29 is 0 Å². The summed E-state index contributed by atoms with van der Waals surface area (Å²) < 4.78 is 0. The SMILES string of the molecule is Cc1cnc(C#Cc2ccccc2)cc1Cc1ccccc1. The van der Waals surface area contributed by atoms with Crippen LogP contribution in [0.2, 0.25) is 0 Å². The summed E-state index contributed by atoms with van der Waals surface area (Å²) in [6.07, 6.45) is 2.82. The first-order valence-corrected chi connectivity index (χ1v) is 7.38. The molecule has 22 heavy (non-hydrogen) atoms. The zero-order chi connectivity index (χ0) is 15.2. The van der Waals surface area contributed by atoms with Gasteiger partial charge in [0.2, 0.25) is 0 Å². The Morgan fingerprint density at radius 2 is 1.55 bits per heavy atom. The van der Waals surface area contributed by atoms with Gasteiger partial charge in [0.15, 0.2) is 0 Å². The molecule has 3 rings (SSSR count). The fourth-order valence-electron chi connectivity index (χ4n) is 2.30. The van der Waals surface area contributed by atoms with E-state index in [4.69, 9.17) is 0 Å². The van der Waals surface area contributed by atoms with E-state index in [1.165, 1.54) is 16.7 Å². The highest BCUT2D eigenvalue weighted by atomic mass is 14.7. The van der Waals surface area contributed by atoms with Crippen LogP contribution < -0.4 is 0 Å². The Morgan fingerprint density at radius 3 is 2.27 bits per heavy atom. The summed E-state index contributed by atoms with van der Waals surface area (Å²) in [7, 11) is 0. The maximum atomic E-state index is 4.42. The van der Waals surface area contributed by atoms with Gasteiger partial charge in [-0.3, -0.25) is 0 Å². The average Bonchev–Trinajstić information content (AvgIpc) is 2.57. The lowest BCUT2D eigenvalue weighted by molar-refractivity contribution is 1.11. The predicted molar refractivity (Wildman–Crippen MR) is 90.6 cm³/mol. The summed E-state index contributed by atoms with van der Waals surface area (Å²) in [5.41, 5.74) is 5.61. The van der Waals surface area contributed by atoms with E-state index in [1.807, 2.05) is 42.6 Å². The number of hydrogen-bond donors (Lipinski definition) is 0. The van der Waals surface area contributed by atoms with E-state index < -0.39 is 0 Å². The molecule has 1 heterocycles. The molecule has 1 nitrogen and oxygen atoms in total. The first-order chi connectivity index (χ1) is 10.8. The van der Waals surface area contributed by atoms with E-state index >= 15 is 0 Å². The summed E-state index contributed by atoms with van der Waals surface area (Å²) >= 11 is 0. The Bertz CT molecular complexity index is 809. The van der Waals surface area contributed by atoms with Crippen LogP contribution in [0.1, 0.15) is 27.9 Å². The molecule has 0 radical (unpaired) electrons. The Balaban J connectivity index is 1.86. The summed E-state index contributed by atoms with van der Waals surface area (Å²) in [6, 6.07) is 22.6. The van der Waals surface area contributed by atoms with E-state index in [0.717, 1.165) is 17.7 Å². The van der Waals surface area contributed by atoms with E-state index in [0.29, 0.717) is 0 Å². The first kappa shape index (κ1) is 14.1. The number of aromatic nitrogens is 1. The van der Waals surface area contributed by atoms with Gasteiger partial charge in [0.1, 0.15) is 5.69 Å². The second-order valence-electron chi connectivity index (χ2n) is 5.27. The van der Waals surface area contributed by atoms with Crippen LogP contribution in [0.4, 0.5) is 0 Å². The molecule has 0 N–H and O–H groups in total. The molecule has 0 fully saturated rings. The van der Waals surface area contributed by atoms with E-state index in [9.17, 15) is 0 Å². The third-order valence-electron chi connectivity index (χ3n) is 3.56. The monoisotopic (exact) mass is 283 g/mol. The van der Waals surface area contributed by atoms with Gasteiger partial charge in [0.25, 0.3) is 0 Å². The molecule has 0 amide bonds. The largest absolute Gasteiger partial charge is 0.247 e. The molecule has 1 heteroatoms. The van der Waals surface area contributed by atoms with Crippen molar-refractivity contribution in [2.24, 2.45) is 0 Å². The van der Waals surface area contributed by atoms with Gasteiger partial charge in [-0.05, 0) is 54.2 Å². The van der Waals surface area contributed by atoms with Crippen LogP contribution in [0.3, 0.4) is 0 Å².